The van der Waals surface area contributed by atoms with Crippen LogP contribution < -0.4 is 4.74 Å². The topological polar surface area (TPSA) is 29.5 Å². The summed E-state index contributed by atoms with van der Waals surface area (Å²) in [6.07, 6.45) is 2.18. The van der Waals surface area contributed by atoms with Crippen LogP contribution in [0, 0.1) is 0 Å². The van der Waals surface area contributed by atoms with Crippen molar-refractivity contribution in [2.45, 2.75) is 26.2 Å². The van der Waals surface area contributed by atoms with E-state index in [0.29, 0.717) is 25.5 Å². The van der Waals surface area contributed by atoms with Gasteiger partial charge in [0.05, 0.1) is 6.61 Å². The fourth-order valence-corrected chi connectivity index (χ4v) is 1.98. The zero-order valence-corrected chi connectivity index (χ0v) is 12.4. The van der Waals surface area contributed by atoms with Gasteiger partial charge < -0.3 is 9.64 Å². The van der Waals surface area contributed by atoms with E-state index in [1.54, 1.807) is 11.9 Å². The van der Waals surface area contributed by atoms with Crippen LogP contribution in [0.5, 0.6) is 5.75 Å². The van der Waals surface area contributed by atoms with Gasteiger partial charge in [0.1, 0.15) is 5.75 Å². The Balaban J connectivity index is 2.29. The Hall–Kier alpha value is -1.22. The van der Waals surface area contributed by atoms with Gasteiger partial charge in [0, 0.05) is 25.9 Å². The molecule has 4 heteroatoms. The summed E-state index contributed by atoms with van der Waals surface area (Å²) in [6.45, 7) is 3.43. The van der Waals surface area contributed by atoms with Crippen molar-refractivity contribution in [2.24, 2.45) is 0 Å². The van der Waals surface area contributed by atoms with E-state index in [-0.39, 0.29) is 5.91 Å². The maximum absolute atomic E-state index is 11.5. The fraction of sp³-hybridized carbons (Fsp3) is 0.533. The molecule has 1 rings (SSSR count). The lowest BCUT2D eigenvalue weighted by molar-refractivity contribution is -0.129. The number of carbonyl (C=O) groups excluding carboxylic acids is 1. The number of ether oxygens (including phenoxy) is 1. The second kappa shape index (κ2) is 8.81. The van der Waals surface area contributed by atoms with E-state index in [1.807, 2.05) is 18.2 Å². The van der Waals surface area contributed by atoms with E-state index < -0.39 is 0 Å². The zero-order valence-electron chi connectivity index (χ0n) is 11.7. The van der Waals surface area contributed by atoms with Crippen molar-refractivity contribution in [3.63, 3.8) is 0 Å². The molecule has 1 aromatic rings. The molecule has 19 heavy (non-hydrogen) atoms. The molecule has 0 aliphatic heterocycles. The summed E-state index contributed by atoms with van der Waals surface area (Å²) in [6, 6.07) is 8.06. The van der Waals surface area contributed by atoms with Crippen molar-refractivity contribution < 1.29 is 9.53 Å². The molecule has 0 spiro atoms. The molecule has 0 fully saturated rings. The first kappa shape index (κ1) is 15.8. The molecule has 1 amide bonds. The van der Waals surface area contributed by atoms with Crippen molar-refractivity contribution in [1.82, 2.24) is 4.90 Å². The monoisotopic (exact) mass is 283 g/mol. The largest absolute Gasteiger partial charge is 0.493 e. The number of halogens is 1. The molecular formula is C15H22ClNO2. The van der Waals surface area contributed by atoms with Crippen LogP contribution in [0.2, 0.25) is 0 Å². The van der Waals surface area contributed by atoms with E-state index in [0.717, 1.165) is 18.6 Å². The normalized spacial score (nSPS) is 10.3. The average Bonchev–Trinajstić information content (AvgIpc) is 2.44. The maximum atomic E-state index is 11.5. The minimum absolute atomic E-state index is 0.0870. The molecule has 106 valence electrons. The van der Waals surface area contributed by atoms with Crippen LogP contribution in [-0.2, 0) is 11.2 Å². The molecule has 0 heterocycles. The van der Waals surface area contributed by atoms with Crippen LogP contribution in [-0.4, -0.2) is 36.9 Å². The van der Waals surface area contributed by atoms with Crippen LogP contribution in [0.15, 0.2) is 24.3 Å². The average molecular weight is 284 g/mol. The molecule has 1 aromatic carbocycles. The van der Waals surface area contributed by atoms with Crippen molar-refractivity contribution in [3.8, 4) is 5.75 Å². The fourth-order valence-electron chi connectivity index (χ4n) is 1.82. The summed E-state index contributed by atoms with van der Waals surface area (Å²) in [5, 5.41) is 0. The van der Waals surface area contributed by atoms with Crippen LogP contribution in [0.1, 0.15) is 25.3 Å². The second-order valence-corrected chi connectivity index (χ2v) is 4.80. The Labute approximate surface area is 120 Å². The van der Waals surface area contributed by atoms with Gasteiger partial charge in [-0.1, -0.05) is 25.1 Å². The lowest BCUT2D eigenvalue weighted by Crippen LogP contribution is -2.28. The first-order chi connectivity index (χ1) is 9.19. The van der Waals surface area contributed by atoms with E-state index in [9.17, 15) is 4.79 Å². The number of carbonyl (C=O) groups is 1. The third-order valence-corrected chi connectivity index (χ3v) is 3.17. The van der Waals surface area contributed by atoms with Gasteiger partial charge in [-0.25, -0.2) is 0 Å². The molecule has 0 aromatic heterocycles. The van der Waals surface area contributed by atoms with Gasteiger partial charge in [0.15, 0.2) is 0 Å². The Bertz CT molecular complexity index is 395. The molecule has 0 unspecified atom stereocenters. The van der Waals surface area contributed by atoms with Crippen molar-refractivity contribution >= 4 is 17.5 Å². The lowest BCUT2D eigenvalue weighted by atomic mass is 10.1. The number of hydrogen-bond acceptors (Lipinski definition) is 2. The number of amides is 1. The molecule has 0 saturated carbocycles. The SMILES string of the molecule is CCc1ccccc1OCCCN(C)C(=O)CCCl. The first-order valence-electron chi connectivity index (χ1n) is 6.69. The standard InChI is InChI=1S/C15H22ClNO2/c1-3-13-7-4-5-8-14(13)19-12-6-11-17(2)15(18)9-10-16/h4-5,7-8H,3,6,9-12H2,1-2H3. The highest BCUT2D eigenvalue weighted by Gasteiger charge is 2.07. The molecule has 0 atom stereocenters. The number of rotatable bonds is 8. The van der Waals surface area contributed by atoms with Crippen LogP contribution in [0.4, 0.5) is 0 Å². The highest BCUT2D eigenvalue weighted by molar-refractivity contribution is 6.18. The summed E-state index contributed by atoms with van der Waals surface area (Å²) in [7, 11) is 1.80. The van der Waals surface area contributed by atoms with E-state index in [1.165, 1.54) is 5.56 Å². The number of alkyl halides is 1. The van der Waals surface area contributed by atoms with Gasteiger partial charge >= 0.3 is 0 Å². The number of hydrogen-bond donors (Lipinski definition) is 0. The summed E-state index contributed by atoms with van der Waals surface area (Å²) < 4.78 is 5.75. The second-order valence-electron chi connectivity index (χ2n) is 4.42. The minimum atomic E-state index is 0.0870. The third kappa shape index (κ3) is 5.52. The Morgan fingerprint density at radius 1 is 1.37 bits per heavy atom. The van der Waals surface area contributed by atoms with Gasteiger partial charge in [-0.3, -0.25) is 4.79 Å². The van der Waals surface area contributed by atoms with Crippen molar-refractivity contribution in [2.75, 3.05) is 26.1 Å². The van der Waals surface area contributed by atoms with Gasteiger partial charge in [-0.2, -0.15) is 0 Å². The predicted octanol–water partition coefficient (Wildman–Crippen LogP) is 3.11. The summed E-state index contributed by atoms with van der Waals surface area (Å²) in [4.78, 5) is 13.2. The molecule has 0 aliphatic carbocycles. The first-order valence-corrected chi connectivity index (χ1v) is 7.23. The molecule has 0 aliphatic rings. The third-order valence-electron chi connectivity index (χ3n) is 2.98. The van der Waals surface area contributed by atoms with E-state index in [2.05, 4.69) is 13.0 Å². The Kier molecular flexibility index (Phi) is 7.34. The number of benzene rings is 1. The molecule has 0 radical (unpaired) electrons. The van der Waals surface area contributed by atoms with Gasteiger partial charge in [0.25, 0.3) is 0 Å². The number of nitrogens with zero attached hydrogens (tertiary/aromatic N) is 1. The van der Waals surface area contributed by atoms with E-state index >= 15 is 0 Å². The van der Waals surface area contributed by atoms with Gasteiger partial charge in [0.2, 0.25) is 5.91 Å². The van der Waals surface area contributed by atoms with E-state index in [4.69, 9.17) is 16.3 Å². The molecule has 0 N–H and O–H groups in total. The van der Waals surface area contributed by atoms with Gasteiger partial charge in [-0.05, 0) is 24.5 Å². The smallest absolute Gasteiger partial charge is 0.223 e. The molecule has 0 bridgehead atoms. The Morgan fingerprint density at radius 3 is 2.79 bits per heavy atom. The predicted molar refractivity (Wildman–Crippen MR) is 78.9 cm³/mol. The quantitative estimate of drug-likeness (QED) is 0.542. The lowest BCUT2D eigenvalue weighted by Gasteiger charge is -2.17. The highest BCUT2D eigenvalue weighted by atomic mass is 35.5. The van der Waals surface area contributed by atoms with Crippen LogP contribution in [0.3, 0.4) is 0 Å². The Morgan fingerprint density at radius 2 is 2.11 bits per heavy atom. The molecule has 0 saturated heterocycles. The summed E-state index contributed by atoms with van der Waals surface area (Å²) in [5.41, 5.74) is 1.22. The highest BCUT2D eigenvalue weighted by Crippen LogP contribution is 2.18. The van der Waals surface area contributed by atoms with Crippen molar-refractivity contribution in [3.05, 3.63) is 29.8 Å². The van der Waals surface area contributed by atoms with Crippen molar-refractivity contribution in [1.29, 1.82) is 0 Å². The van der Waals surface area contributed by atoms with Gasteiger partial charge in [-0.15, -0.1) is 11.6 Å². The van der Waals surface area contributed by atoms with Crippen LogP contribution in [0.25, 0.3) is 0 Å². The zero-order chi connectivity index (χ0) is 14.1. The number of aryl methyl sites for hydroxylation is 1. The summed E-state index contributed by atoms with van der Waals surface area (Å²) >= 11 is 5.54. The number of para-hydroxylation sites is 1. The summed E-state index contributed by atoms with van der Waals surface area (Å²) in [5.74, 6) is 1.41. The molecular weight excluding hydrogens is 262 g/mol. The molecule has 3 nitrogen and oxygen atoms in total. The maximum Gasteiger partial charge on any atom is 0.223 e. The van der Waals surface area contributed by atoms with Crippen LogP contribution >= 0.6 is 11.6 Å². The minimum Gasteiger partial charge on any atom is -0.493 e.